The lowest BCUT2D eigenvalue weighted by Crippen LogP contribution is -2.34. The minimum atomic E-state index is -0.391. The number of ether oxygens (including phenoxy) is 2. The number of nitrogens with one attached hydrogen (secondary N) is 1. The molecule has 0 aliphatic carbocycles. The molecular formula is C23H31ClFIN4O2. The van der Waals surface area contributed by atoms with Gasteiger partial charge in [-0.25, -0.2) is 4.39 Å². The number of aliphatic imine (C=N–C) groups is 1. The average Bonchev–Trinajstić information content (AvgIpc) is 3.14. The first-order chi connectivity index (χ1) is 14.9. The molecule has 2 aromatic rings. The Labute approximate surface area is 211 Å². The van der Waals surface area contributed by atoms with Crippen LogP contribution in [0, 0.1) is 11.7 Å². The molecule has 9 heteroatoms. The molecular weight excluding hydrogens is 546 g/mol. The molecule has 0 saturated carbocycles. The van der Waals surface area contributed by atoms with E-state index in [1.807, 2.05) is 31.3 Å². The third-order valence-electron chi connectivity index (χ3n) is 5.72. The highest BCUT2D eigenvalue weighted by Gasteiger charge is 2.33. The van der Waals surface area contributed by atoms with Crippen LogP contribution in [0.2, 0.25) is 5.02 Å². The van der Waals surface area contributed by atoms with E-state index >= 15 is 0 Å². The number of nitrogens with two attached hydrogens (primary N) is 1. The molecule has 0 aromatic heterocycles. The fourth-order valence-corrected chi connectivity index (χ4v) is 4.20. The van der Waals surface area contributed by atoms with Crippen LogP contribution in [0.25, 0.3) is 0 Å². The number of methoxy groups -OCH3 is 2. The van der Waals surface area contributed by atoms with Crippen molar-refractivity contribution < 1.29 is 13.9 Å². The summed E-state index contributed by atoms with van der Waals surface area (Å²) in [6.45, 7) is 2.16. The van der Waals surface area contributed by atoms with Gasteiger partial charge in [-0.3, -0.25) is 9.89 Å². The van der Waals surface area contributed by atoms with Crippen molar-refractivity contribution in [3.05, 3.63) is 58.4 Å². The first-order valence-electron chi connectivity index (χ1n) is 10.3. The van der Waals surface area contributed by atoms with Crippen molar-refractivity contribution >= 4 is 41.5 Å². The van der Waals surface area contributed by atoms with Crippen molar-refractivity contribution in [3.8, 4) is 11.5 Å². The number of benzene rings is 2. The lowest BCUT2D eigenvalue weighted by Gasteiger charge is -2.25. The van der Waals surface area contributed by atoms with Gasteiger partial charge in [0.25, 0.3) is 0 Å². The van der Waals surface area contributed by atoms with E-state index in [1.54, 1.807) is 20.3 Å². The Kier molecular flexibility index (Phi) is 10.3. The van der Waals surface area contributed by atoms with Gasteiger partial charge in [-0.2, -0.15) is 0 Å². The van der Waals surface area contributed by atoms with Crippen molar-refractivity contribution in [2.75, 3.05) is 40.9 Å². The van der Waals surface area contributed by atoms with Gasteiger partial charge in [-0.15, -0.1) is 24.0 Å². The van der Waals surface area contributed by atoms with E-state index in [9.17, 15) is 4.39 Å². The number of rotatable bonds is 8. The minimum Gasteiger partial charge on any atom is -0.493 e. The molecule has 3 rings (SSSR count). The summed E-state index contributed by atoms with van der Waals surface area (Å²) in [5.41, 5.74) is 8.11. The van der Waals surface area contributed by atoms with Gasteiger partial charge in [0.05, 0.1) is 19.2 Å². The molecule has 2 aromatic carbocycles. The molecule has 1 aliphatic heterocycles. The van der Waals surface area contributed by atoms with E-state index in [0.29, 0.717) is 30.5 Å². The third kappa shape index (κ3) is 6.62. The molecule has 32 heavy (non-hydrogen) atoms. The SMILES string of the molecule is COc1ccc(CCNC(N)=NCC2CCN(C)C2c2ccc(Cl)c(F)c2)cc1OC.I. The van der Waals surface area contributed by atoms with Gasteiger partial charge in [0, 0.05) is 19.1 Å². The van der Waals surface area contributed by atoms with Crippen molar-refractivity contribution in [2.24, 2.45) is 16.6 Å². The highest BCUT2D eigenvalue weighted by atomic mass is 127. The summed E-state index contributed by atoms with van der Waals surface area (Å²) in [7, 11) is 5.29. The molecule has 3 N–H and O–H groups in total. The number of hydrogen-bond acceptors (Lipinski definition) is 4. The first kappa shape index (κ1) is 26.5. The van der Waals surface area contributed by atoms with Crippen LogP contribution in [0.5, 0.6) is 11.5 Å². The highest BCUT2D eigenvalue weighted by Crippen LogP contribution is 2.37. The molecule has 1 heterocycles. The van der Waals surface area contributed by atoms with E-state index in [-0.39, 0.29) is 41.0 Å². The number of likely N-dealkylation sites (tertiary alicyclic amines) is 1. The number of guanidine groups is 1. The molecule has 0 bridgehead atoms. The molecule has 2 unspecified atom stereocenters. The molecule has 0 amide bonds. The zero-order chi connectivity index (χ0) is 22.4. The number of halogens is 3. The predicted molar refractivity (Wildman–Crippen MR) is 138 cm³/mol. The van der Waals surface area contributed by atoms with E-state index in [2.05, 4.69) is 15.2 Å². The topological polar surface area (TPSA) is 72.1 Å². The van der Waals surface area contributed by atoms with Gasteiger partial charge >= 0.3 is 0 Å². The summed E-state index contributed by atoms with van der Waals surface area (Å²) < 4.78 is 24.6. The molecule has 1 saturated heterocycles. The second-order valence-corrected chi connectivity index (χ2v) is 8.15. The second-order valence-electron chi connectivity index (χ2n) is 7.74. The largest absolute Gasteiger partial charge is 0.493 e. The van der Waals surface area contributed by atoms with Crippen molar-refractivity contribution in [1.82, 2.24) is 10.2 Å². The maximum atomic E-state index is 13.9. The van der Waals surface area contributed by atoms with Gasteiger partial charge in [-0.05, 0) is 67.7 Å². The lowest BCUT2D eigenvalue weighted by molar-refractivity contribution is 0.279. The van der Waals surface area contributed by atoms with Crippen molar-refractivity contribution in [1.29, 1.82) is 0 Å². The Morgan fingerprint density at radius 1 is 1.22 bits per heavy atom. The molecule has 0 spiro atoms. The monoisotopic (exact) mass is 576 g/mol. The van der Waals surface area contributed by atoms with E-state index < -0.39 is 5.82 Å². The minimum absolute atomic E-state index is 0. The van der Waals surface area contributed by atoms with E-state index in [4.69, 9.17) is 26.8 Å². The Balaban J connectivity index is 0.00000363. The molecule has 0 radical (unpaired) electrons. The summed E-state index contributed by atoms with van der Waals surface area (Å²) >= 11 is 5.84. The van der Waals surface area contributed by atoms with Gasteiger partial charge in [0.15, 0.2) is 17.5 Å². The maximum absolute atomic E-state index is 13.9. The van der Waals surface area contributed by atoms with Crippen molar-refractivity contribution in [3.63, 3.8) is 0 Å². The van der Waals surface area contributed by atoms with E-state index in [0.717, 1.165) is 30.5 Å². The van der Waals surface area contributed by atoms with Crippen LogP contribution in [0.4, 0.5) is 4.39 Å². The standard InChI is InChI=1S/C23H30ClFN4O2.HI/c1-29-11-9-17(22(29)16-5-6-18(24)19(25)13-16)14-28-23(26)27-10-8-15-4-7-20(30-2)21(12-15)31-3;/h4-7,12-13,17,22H,8-11,14H2,1-3H3,(H3,26,27,28);1H. The van der Waals surface area contributed by atoms with Crippen LogP contribution in [0.1, 0.15) is 23.6 Å². The normalized spacial score (nSPS) is 18.8. The maximum Gasteiger partial charge on any atom is 0.188 e. The fraction of sp³-hybridized carbons (Fsp3) is 0.435. The summed E-state index contributed by atoms with van der Waals surface area (Å²) in [6, 6.07) is 11.0. The predicted octanol–water partition coefficient (Wildman–Crippen LogP) is 4.25. The van der Waals surface area contributed by atoms with Gasteiger partial charge < -0.3 is 20.5 Å². The van der Waals surface area contributed by atoms with Crippen LogP contribution >= 0.6 is 35.6 Å². The smallest absolute Gasteiger partial charge is 0.188 e. The summed E-state index contributed by atoms with van der Waals surface area (Å²) in [4.78, 5) is 6.77. The summed E-state index contributed by atoms with van der Waals surface area (Å²) in [5.74, 6) is 1.69. The molecule has 176 valence electrons. The molecule has 1 aliphatic rings. The number of nitrogens with zero attached hydrogens (tertiary/aromatic N) is 2. The van der Waals surface area contributed by atoms with Crippen LogP contribution in [-0.4, -0.2) is 51.8 Å². The average molecular weight is 577 g/mol. The molecule has 2 atom stereocenters. The van der Waals surface area contributed by atoms with Gasteiger partial charge in [-0.1, -0.05) is 23.7 Å². The van der Waals surface area contributed by atoms with Crippen LogP contribution in [0.3, 0.4) is 0 Å². The number of hydrogen-bond donors (Lipinski definition) is 2. The molecule has 1 fully saturated rings. The van der Waals surface area contributed by atoms with Crippen LogP contribution in [0.15, 0.2) is 41.4 Å². The fourth-order valence-electron chi connectivity index (χ4n) is 4.08. The lowest BCUT2D eigenvalue weighted by atomic mass is 9.94. The Morgan fingerprint density at radius 3 is 2.66 bits per heavy atom. The second kappa shape index (κ2) is 12.5. The zero-order valence-corrected chi connectivity index (χ0v) is 21.7. The zero-order valence-electron chi connectivity index (χ0n) is 18.6. The van der Waals surface area contributed by atoms with Gasteiger partial charge in [0.1, 0.15) is 5.82 Å². The van der Waals surface area contributed by atoms with Gasteiger partial charge in [0.2, 0.25) is 0 Å². The van der Waals surface area contributed by atoms with Crippen LogP contribution in [-0.2, 0) is 6.42 Å². The molecule has 6 nitrogen and oxygen atoms in total. The van der Waals surface area contributed by atoms with Crippen LogP contribution < -0.4 is 20.5 Å². The first-order valence-corrected chi connectivity index (χ1v) is 10.7. The Morgan fingerprint density at radius 2 is 1.97 bits per heavy atom. The summed E-state index contributed by atoms with van der Waals surface area (Å²) in [6.07, 6.45) is 1.75. The van der Waals surface area contributed by atoms with E-state index in [1.165, 1.54) is 6.07 Å². The Bertz CT molecular complexity index is 931. The quantitative estimate of drug-likeness (QED) is 0.279. The Hall–Kier alpha value is -1.78. The summed E-state index contributed by atoms with van der Waals surface area (Å²) in [5, 5.41) is 3.31. The third-order valence-corrected chi connectivity index (χ3v) is 6.03. The highest BCUT2D eigenvalue weighted by molar-refractivity contribution is 14.0. The van der Waals surface area contributed by atoms with Crippen molar-refractivity contribution in [2.45, 2.75) is 18.9 Å².